The molecule has 1 aliphatic carbocycles. The van der Waals surface area contributed by atoms with E-state index in [9.17, 15) is 9.59 Å². The van der Waals surface area contributed by atoms with Gasteiger partial charge in [0.2, 0.25) is 11.8 Å². The van der Waals surface area contributed by atoms with Crippen LogP contribution in [0.2, 0.25) is 0 Å². The van der Waals surface area contributed by atoms with E-state index in [4.69, 9.17) is 0 Å². The summed E-state index contributed by atoms with van der Waals surface area (Å²) >= 11 is 0. The van der Waals surface area contributed by atoms with E-state index < -0.39 is 5.54 Å². The predicted octanol–water partition coefficient (Wildman–Crippen LogP) is 3.74. The maximum absolute atomic E-state index is 13.0. The van der Waals surface area contributed by atoms with Crippen molar-refractivity contribution in [3.63, 3.8) is 0 Å². The van der Waals surface area contributed by atoms with Crippen molar-refractivity contribution in [3.8, 4) is 0 Å². The number of aromatic nitrogens is 1. The van der Waals surface area contributed by atoms with Gasteiger partial charge in [-0.25, -0.2) is 0 Å². The molecule has 26 heavy (non-hydrogen) atoms. The van der Waals surface area contributed by atoms with E-state index in [-0.39, 0.29) is 17.7 Å². The number of pyridine rings is 1. The number of anilines is 1. The molecule has 1 atom stereocenters. The molecule has 136 valence electrons. The fourth-order valence-electron chi connectivity index (χ4n) is 4.18. The maximum Gasteiger partial charge on any atom is 0.250 e. The highest BCUT2D eigenvalue weighted by molar-refractivity contribution is 6.06. The van der Waals surface area contributed by atoms with E-state index in [1.165, 1.54) is 6.42 Å². The van der Waals surface area contributed by atoms with Crippen LogP contribution in [0.15, 0.2) is 36.5 Å². The number of hydrogen-bond acceptors (Lipinski definition) is 3. The Morgan fingerprint density at radius 3 is 2.65 bits per heavy atom. The van der Waals surface area contributed by atoms with E-state index in [1.807, 2.05) is 37.3 Å². The first-order valence-electron chi connectivity index (χ1n) is 9.56. The molecule has 1 unspecified atom stereocenters. The van der Waals surface area contributed by atoms with Gasteiger partial charge in [-0.3, -0.25) is 14.6 Å². The monoisotopic (exact) mass is 351 g/mol. The Labute approximate surface area is 153 Å². The zero-order valence-corrected chi connectivity index (χ0v) is 15.2. The number of para-hydroxylation sites is 1. The Kier molecular flexibility index (Phi) is 4.39. The number of hydrogen-bond donors (Lipinski definition) is 1. The van der Waals surface area contributed by atoms with Crippen LogP contribution in [0.25, 0.3) is 10.9 Å². The molecule has 0 spiro atoms. The number of amides is 2. The van der Waals surface area contributed by atoms with Crippen LogP contribution in [0, 0.1) is 5.92 Å². The second-order valence-corrected chi connectivity index (χ2v) is 7.68. The lowest BCUT2D eigenvalue weighted by Gasteiger charge is -2.50. The van der Waals surface area contributed by atoms with Gasteiger partial charge in [-0.15, -0.1) is 0 Å². The summed E-state index contributed by atoms with van der Waals surface area (Å²) in [4.78, 5) is 32.1. The lowest BCUT2D eigenvalue weighted by atomic mass is 9.81. The lowest BCUT2D eigenvalue weighted by Crippen LogP contribution is -2.67. The molecule has 5 heteroatoms. The number of rotatable bonds is 3. The first kappa shape index (κ1) is 17.0. The molecule has 2 fully saturated rings. The Bertz CT molecular complexity index is 839. The molecular weight excluding hydrogens is 326 g/mol. The van der Waals surface area contributed by atoms with Crippen molar-refractivity contribution in [1.82, 2.24) is 9.88 Å². The summed E-state index contributed by atoms with van der Waals surface area (Å²) in [6.07, 6.45) is 7.80. The minimum Gasteiger partial charge on any atom is -0.328 e. The van der Waals surface area contributed by atoms with Crippen LogP contribution in [-0.4, -0.2) is 33.8 Å². The van der Waals surface area contributed by atoms with E-state index in [0.29, 0.717) is 18.7 Å². The standard InChI is InChI=1S/C21H25N3O2/c1-21(12-14-24(21)19(25)16-7-3-2-4-8-16)20(26)23-17-11-5-9-15-10-6-13-22-18(15)17/h5-6,9-11,13,16H,2-4,7-8,12,14H2,1H3,(H,23,26). The molecule has 0 radical (unpaired) electrons. The van der Waals surface area contributed by atoms with Gasteiger partial charge in [0, 0.05) is 24.0 Å². The molecule has 2 aliphatic rings. The minimum absolute atomic E-state index is 0.0930. The first-order valence-corrected chi connectivity index (χ1v) is 9.56. The first-order chi connectivity index (χ1) is 12.6. The van der Waals surface area contributed by atoms with Crippen LogP contribution in [0.3, 0.4) is 0 Å². The second-order valence-electron chi connectivity index (χ2n) is 7.68. The summed E-state index contributed by atoms with van der Waals surface area (Å²) in [6.45, 7) is 2.55. The van der Waals surface area contributed by atoms with Crippen molar-refractivity contribution < 1.29 is 9.59 Å². The predicted molar refractivity (Wildman–Crippen MR) is 102 cm³/mol. The molecule has 4 rings (SSSR count). The Balaban J connectivity index is 1.52. The van der Waals surface area contributed by atoms with Crippen LogP contribution < -0.4 is 5.32 Å². The highest BCUT2D eigenvalue weighted by atomic mass is 16.2. The fourth-order valence-corrected chi connectivity index (χ4v) is 4.18. The van der Waals surface area contributed by atoms with Crippen molar-refractivity contribution in [2.24, 2.45) is 5.92 Å². The van der Waals surface area contributed by atoms with E-state index in [2.05, 4.69) is 10.3 Å². The zero-order chi connectivity index (χ0) is 18.1. The molecule has 2 aromatic rings. The van der Waals surface area contributed by atoms with Gasteiger partial charge < -0.3 is 10.2 Å². The van der Waals surface area contributed by atoms with Gasteiger partial charge >= 0.3 is 0 Å². The van der Waals surface area contributed by atoms with Gasteiger partial charge in [0.05, 0.1) is 11.2 Å². The van der Waals surface area contributed by atoms with Crippen LogP contribution >= 0.6 is 0 Å². The summed E-state index contributed by atoms with van der Waals surface area (Å²) in [5.74, 6) is 0.131. The molecule has 0 bridgehead atoms. The molecular formula is C21H25N3O2. The van der Waals surface area contributed by atoms with E-state index in [0.717, 1.165) is 36.6 Å². The van der Waals surface area contributed by atoms with E-state index in [1.54, 1.807) is 11.1 Å². The van der Waals surface area contributed by atoms with Crippen LogP contribution in [0.4, 0.5) is 5.69 Å². The second kappa shape index (κ2) is 6.71. The van der Waals surface area contributed by atoms with Crippen molar-refractivity contribution in [2.75, 3.05) is 11.9 Å². The third kappa shape index (κ3) is 2.85. The summed E-state index contributed by atoms with van der Waals surface area (Å²) < 4.78 is 0. The van der Waals surface area contributed by atoms with Gasteiger partial charge in [-0.1, -0.05) is 37.5 Å². The third-order valence-corrected chi connectivity index (χ3v) is 6.01. The maximum atomic E-state index is 13.0. The Morgan fingerprint density at radius 2 is 1.92 bits per heavy atom. The molecule has 1 aromatic heterocycles. The average Bonchev–Trinajstić information content (AvgIpc) is 2.67. The van der Waals surface area contributed by atoms with Crippen LogP contribution in [0.1, 0.15) is 45.4 Å². The van der Waals surface area contributed by atoms with Gasteiger partial charge in [0.1, 0.15) is 5.54 Å². The highest BCUT2D eigenvalue weighted by Crippen LogP contribution is 2.36. The number of carbonyl (C=O) groups excluding carboxylic acids is 2. The summed E-state index contributed by atoms with van der Waals surface area (Å²) in [6, 6.07) is 9.60. The van der Waals surface area contributed by atoms with Crippen LogP contribution in [0.5, 0.6) is 0 Å². The summed E-state index contributed by atoms with van der Waals surface area (Å²) in [7, 11) is 0. The van der Waals surface area contributed by atoms with Crippen molar-refractivity contribution in [2.45, 2.75) is 51.0 Å². The Morgan fingerprint density at radius 1 is 1.15 bits per heavy atom. The molecule has 2 amide bonds. The molecule has 5 nitrogen and oxygen atoms in total. The van der Waals surface area contributed by atoms with Crippen molar-refractivity contribution >= 4 is 28.4 Å². The number of fused-ring (bicyclic) bond motifs is 1. The number of nitrogens with zero attached hydrogens (tertiary/aromatic N) is 2. The van der Waals surface area contributed by atoms with E-state index >= 15 is 0 Å². The molecule has 1 N–H and O–H groups in total. The van der Waals surface area contributed by atoms with Gasteiger partial charge in [-0.2, -0.15) is 0 Å². The van der Waals surface area contributed by atoms with Gasteiger partial charge in [0.25, 0.3) is 0 Å². The Hall–Kier alpha value is -2.43. The fraction of sp³-hybridized carbons (Fsp3) is 0.476. The number of carbonyl (C=O) groups is 2. The zero-order valence-electron chi connectivity index (χ0n) is 15.2. The average molecular weight is 351 g/mol. The SMILES string of the molecule is CC1(C(=O)Nc2cccc3cccnc23)CCN1C(=O)C1CCCCC1. The number of nitrogens with one attached hydrogen (secondary N) is 1. The van der Waals surface area contributed by atoms with Gasteiger partial charge in [-0.05, 0) is 38.3 Å². The molecule has 1 aliphatic heterocycles. The quantitative estimate of drug-likeness (QED) is 0.916. The minimum atomic E-state index is -0.758. The number of benzene rings is 1. The summed E-state index contributed by atoms with van der Waals surface area (Å²) in [5, 5.41) is 4.01. The smallest absolute Gasteiger partial charge is 0.250 e. The van der Waals surface area contributed by atoms with Crippen LogP contribution in [-0.2, 0) is 9.59 Å². The molecule has 1 saturated heterocycles. The van der Waals surface area contributed by atoms with Crippen molar-refractivity contribution in [3.05, 3.63) is 36.5 Å². The molecule has 1 aromatic carbocycles. The number of likely N-dealkylation sites (tertiary alicyclic amines) is 1. The van der Waals surface area contributed by atoms with Gasteiger partial charge in [0.15, 0.2) is 0 Å². The normalized spacial score (nSPS) is 23.5. The van der Waals surface area contributed by atoms with Crippen molar-refractivity contribution in [1.29, 1.82) is 0 Å². The largest absolute Gasteiger partial charge is 0.328 e. The molecule has 2 heterocycles. The third-order valence-electron chi connectivity index (χ3n) is 6.01. The molecule has 1 saturated carbocycles. The topological polar surface area (TPSA) is 62.3 Å². The highest BCUT2D eigenvalue weighted by Gasteiger charge is 2.50. The lowest BCUT2D eigenvalue weighted by molar-refractivity contribution is -0.158. The summed E-state index contributed by atoms with van der Waals surface area (Å²) in [5.41, 5.74) is 0.716.